The average Bonchev–Trinajstić information content (AvgIpc) is 3.06. The van der Waals surface area contributed by atoms with Crippen LogP contribution in [0.2, 0.25) is 0 Å². The number of piperidine rings is 1. The summed E-state index contributed by atoms with van der Waals surface area (Å²) in [5.41, 5.74) is 1.52. The van der Waals surface area contributed by atoms with Crippen molar-refractivity contribution < 1.29 is 32.1 Å². The summed E-state index contributed by atoms with van der Waals surface area (Å²) in [5.74, 6) is 1.80. The van der Waals surface area contributed by atoms with Gasteiger partial charge in [0.1, 0.15) is 12.3 Å². The molecule has 2 aromatic heterocycles. The van der Waals surface area contributed by atoms with E-state index in [1.165, 1.54) is 17.3 Å². The molecular weight excluding hydrogens is 395 g/mol. The normalized spacial score (nSPS) is 17.8. The standard InChI is InChI=1S/C17H17BF4N4O3/c19-17(20,21)9-24-16(27)25-4-1-10(2-5-25)12-7-18(28)29-13-8-23-15-11(14(12)13)3-6-26(15)22/h3,6-8,10,28H,1-2,4-5,9H2,(H,24,27). The predicted octanol–water partition coefficient (Wildman–Crippen LogP) is 2.55. The SMILES string of the molecule is O=C(NCC(F)(F)F)N1CCC(C2=CB(O)Oc3cnc4c(ccn4F)c32)CC1. The molecule has 0 saturated carbocycles. The summed E-state index contributed by atoms with van der Waals surface area (Å²) in [4.78, 5) is 17.7. The number of urea groups is 1. The molecule has 0 aromatic carbocycles. The van der Waals surface area contributed by atoms with Crippen LogP contribution in [-0.4, -0.2) is 58.7 Å². The number of fused-ring (bicyclic) bond motifs is 3. The van der Waals surface area contributed by atoms with Gasteiger partial charge in [-0.2, -0.15) is 18.0 Å². The van der Waals surface area contributed by atoms with Crippen LogP contribution in [0.15, 0.2) is 24.4 Å². The Bertz CT molecular complexity index is 969. The van der Waals surface area contributed by atoms with E-state index in [2.05, 4.69) is 4.98 Å². The number of halogens is 4. The number of amides is 2. The van der Waals surface area contributed by atoms with E-state index in [0.717, 1.165) is 5.57 Å². The Morgan fingerprint density at radius 2 is 2.10 bits per heavy atom. The molecule has 12 heteroatoms. The van der Waals surface area contributed by atoms with Gasteiger partial charge in [0, 0.05) is 30.2 Å². The molecule has 4 heterocycles. The van der Waals surface area contributed by atoms with Crippen LogP contribution in [0.4, 0.5) is 22.4 Å². The second-order valence-electron chi connectivity index (χ2n) is 7.03. The molecule has 29 heavy (non-hydrogen) atoms. The summed E-state index contributed by atoms with van der Waals surface area (Å²) in [5, 5.41) is 12.4. The molecule has 2 N–H and O–H groups in total. The third-order valence-corrected chi connectivity index (χ3v) is 5.16. The van der Waals surface area contributed by atoms with E-state index in [4.69, 9.17) is 4.65 Å². The minimum atomic E-state index is -4.47. The number of likely N-dealkylation sites (tertiary alicyclic amines) is 1. The second-order valence-corrected chi connectivity index (χ2v) is 7.03. The molecular formula is C17H17BF4N4O3. The Morgan fingerprint density at radius 3 is 2.79 bits per heavy atom. The van der Waals surface area contributed by atoms with Gasteiger partial charge in [0.05, 0.1) is 6.20 Å². The first-order chi connectivity index (χ1) is 13.7. The first-order valence-electron chi connectivity index (χ1n) is 9.05. The Morgan fingerprint density at radius 1 is 1.38 bits per heavy atom. The highest BCUT2D eigenvalue weighted by Gasteiger charge is 2.34. The van der Waals surface area contributed by atoms with Crippen molar-refractivity contribution in [1.82, 2.24) is 20.0 Å². The molecule has 7 nitrogen and oxygen atoms in total. The van der Waals surface area contributed by atoms with Crippen molar-refractivity contribution in [2.24, 2.45) is 5.92 Å². The molecule has 0 radical (unpaired) electrons. The van der Waals surface area contributed by atoms with E-state index < -0.39 is 25.9 Å². The van der Waals surface area contributed by atoms with E-state index in [9.17, 15) is 27.5 Å². The molecule has 154 valence electrons. The van der Waals surface area contributed by atoms with E-state index in [-0.39, 0.29) is 24.7 Å². The van der Waals surface area contributed by atoms with Gasteiger partial charge in [0.15, 0.2) is 5.65 Å². The molecule has 2 aliphatic heterocycles. The highest BCUT2D eigenvalue weighted by molar-refractivity contribution is 6.52. The van der Waals surface area contributed by atoms with Crippen molar-refractivity contribution in [3.8, 4) is 5.75 Å². The number of aromatic nitrogens is 2. The fraction of sp³-hybridized carbons (Fsp3) is 0.412. The lowest BCUT2D eigenvalue weighted by molar-refractivity contribution is -0.123. The lowest BCUT2D eigenvalue weighted by Gasteiger charge is -2.35. The number of nitrogens with one attached hydrogen (secondary N) is 1. The van der Waals surface area contributed by atoms with Gasteiger partial charge in [-0.15, -0.1) is 0 Å². The zero-order valence-corrected chi connectivity index (χ0v) is 15.1. The van der Waals surface area contributed by atoms with E-state index in [1.807, 2.05) is 5.32 Å². The maximum Gasteiger partial charge on any atom is 0.552 e. The summed E-state index contributed by atoms with van der Waals surface area (Å²) in [7, 11) is -1.18. The number of allylic oxidation sites excluding steroid dienone is 1. The highest BCUT2D eigenvalue weighted by Crippen LogP contribution is 2.42. The fourth-order valence-electron chi connectivity index (χ4n) is 3.85. The predicted molar refractivity (Wildman–Crippen MR) is 96.6 cm³/mol. The summed E-state index contributed by atoms with van der Waals surface area (Å²) in [6.45, 7) is -0.855. The van der Waals surface area contributed by atoms with Crippen molar-refractivity contribution in [3.63, 3.8) is 0 Å². The molecule has 4 rings (SSSR count). The number of pyridine rings is 1. The third-order valence-electron chi connectivity index (χ3n) is 5.16. The highest BCUT2D eigenvalue weighted by atomic mass is 19.4. The molecule has 0 spiro atoms. The summed E-state index contributed by atoms with van der Waals surface area (Å²) >= 11 is 0. The monoisotopic (exact) mass is 412 g/mol. The van der Waals surface area contributed by atoms with Gasteiger partial charge in [-0.3, -0.25) is 0 Å². The van der Waals surface area contributed by atoms with Crippen molar-refractivity contribution in [2.75, 3.05) is 19.6 Å². The van der Waals surface area contributed by atoms with Crippen molar-refractivity contribution >= 4 is 29.8 Å². The number of hydrogen-bond donors (Lipinski definition) is 2. The molecule has 0 atom stereocenters. The maximum atomic E-state index is 13.9. The van der Waals surface area contributed by atoms with E-state index in [1.54, 1.807) is 12.0 Å². The van der Waals surface area contributed by atoms with Crippen LogP contribution in [0.3, 0.4) is 0 Å². The molecule has 0 bridgehead atoms. The van der Waals surface area contributed by atoms with Gasteiger partial charge in [-0.05, 0) is 36.4 Å². The Balaban J connectivity index is 1.52. The first-order valence-corrected chi connectivity index (χ1v) is 9.05. The molecule has 2 aromatic rings. The molecule has 0 unspecified atom stereocenters. The average molecular weight is 412 g/mol. The molecule has 2 amide bonds. The lowest BCUT2D eigenvalue weighted by Crippen LogP contribution is -2.47. The van der Waals surface area contributed by atoms with Crippen LogP contribution in [0, 0.1) is 5.92 Å². The van der Waals surface area contributed by atoms with Crippen molar-refractivity contribution in [1.29, 1.82) is 0 Å². The van der Waals surface area contributed by atoms with Gasteiger partial charge < -0.3 is 19.9 Å². The zero-order chi connectivity index (χ0) is 20.8. The quantitative estimate of drug-likeness (QED) is 0.587. The molecule has 1 saturated heterocycles. The number of nitrogens with zero attached hydrogens (tertiary/aromatic N) is 3. The minimum Gasteiger partial charge on any atom is -0.531 e. The van der Waals surface area contributed by atoms with Crippen LogP contribution in [-0.2, 0) is 0 Å². The van der Waals surface area contributed by atoms with E-state index in [0.29, 0.717) is 34.3 Å². The van der Waals surface area contributed by atoms with Crippen LogP contribution >= 0.6 is 0 Å². The third kappa shape index (κ3) is 3.89. The summed E-state index contributed by atoms with van der Waals surface area (Å²) in [6.07, 6.45) is -0.917. The van der Waals surface area contributed by atoms with Crippen molar-refractivity contribution in [3.05, 3.63) is 30.0 Å². The van der Waals surface area contributed by atoms with Crippen molar-refractivity contribution in [2.45, 2.75) is 19.0 Å². The first kappa shape index (κ1) is 19.6. The number of carbonyl (C=O) groups excluding carboxylic acids is 1. The van der Waals surface area contributed by atoms with Crippen LogP contribution < -0.4 is 9.97 Å². The smallest absolute Gasteiger partial charge is 0.531 e. The van der Waals surface area contributed by atoms with Gasteiger partial charge >= 0.3 is 19.3 Å². The fourth-order valence-corrected chi connectivity index (χ4v) is 3.85. The maximum absolute atomic E-state index is 13.9. The Kier molecular flexibility index (Phi) is 4.89. The number of carbonyl (C=O) groups is 1. The van der Waals surface area contributed by atoms with Crippen LogP contribution in [0.1, 0.15) is 18.4 Å². The Hall–Kier alpha value is -2.76. The minimum absolute atomic E-state index is 0.0764. The molecule has 1 fully saturated rings. The lowest BCUT2D eigenvalue weighted by atomic mass is 9.74. The molecule has 2 aliphatic rings. The number of rotatable bonds is 2. The molecule has 0 aliphatic carbocycles. The zero-order valence-electron chi connectivity index (χ0n) is 15.1. The van der Waals surface area contributed by atoms with Gasteiger partial charge in [-0.25, -0.2) is 9.78 Å². The second kappa shape index (κ2) is 7.25. The number of alkyl halides is 3. The summed E-state index contributed by atoms with van der Waals surface area (Å²) in [6, 6.07) is 0.804. The topological polar surface area (TPSA) is 79.6 Å². The number of hydrogen-bond acceptors (Lipinski definition) is 4. The van der Waals surface area contributed by atoms with E-state index >= 15 is 0 Å². The Labute approximate surface area is 163 Å². The van der Waals surface area contributed by atoms with Crippen LogP contribution in [0.25, 0.3) is 16.6 Å². The van der Waals surface area contributed by atoms with Crippen LogP contribution in [0.5, 0.6) is 5.75 Å². The summed E-state index contributed by atoms with van der Waals surface area (Å²) < 4.78 is 56.1. The van der Waals surface area contributed by atoms with Gasteiger partial charge in [-0.1, -0.05) is 4.48 Å². The van der Waals surface area contributed by atoms with Gasteiger partial charge in [0.25, 0.3) is 0 Å². The van der Waals surface area contributed by atoms with Gasteiger partial charge in [0.2, 0.25) is 0 Å². The largest absolute Gasteiger partial charge is 0.552 e.